The maximum atomic E-state index is 4.70. The highest BCUT2D eigenvalue weighted by Gasteiger charge is 2.37. The van der Waals surface area contributed by atoms with E-state index in [2.05, 4.69) is 61.7 Å². The fourth-order valence-corrected chi connectivity index (χ4v) is 4.22. The molecular weight excluding hydrogens is 254 g/mol. The monoisotopic (exact) mass is 281 g/mol. The molecule has 1 fully saturated rings. The molecule has 0 spiro atoms. The number of nitrogens with zero attached hydrogens (tertiary/aromatic N) is 2. The number of nitrogens with one attached hydrogen (secondary N) is 1. The van der Waals surface area contributed by atoms with Crippen LogP contribution in [0.5, 0.6) is 0 Å². The van der Waals surface area contributed by atoms with E-state index >= 15 is 0 Å². The van der Waals surface area contributed by atoms with Crippen molar-refractivity contribution in [2.24, 2.45) is 0 Å². The second kappa shape index (κ2) is 6.31. The van der Waals surface area contributed by atoms with E-state index in [1.807, 2.05) is 0 Å². The molecule has 1 saturated heterocycles. The van der Waals surface area contributed by atoms with Crippen molar-refractivity contribution in [3.8, 4) is 0 Å². The molecule has 2 unspecified atom stereocenters. The fraction of sp³-hybridized carbons (Fsp3) is 0.800. The number of hydrogen-bond donors (Lipinski definition) is 1. The number of hydrogen-bond acceptors (Lipinski definition) is 3. The first-order chi connectivity index (χ1) is 9.05. The van der Waals surface area contributed by atoms with Crippen molar-refractivity contribution in [1.29, 1.82) is 0 Å². The molecular formula is C15H27N3S. The predicted octanol–water partition coefficient (Wildman–Crippen LogP) is 3.27. The Morgan fingerprint density at radius 3 is 2.84 bits per heavy atom. The Bertz CT molecular complexity index is 394. The van der Waals surface area contributed by atoms with Gasteiger partial charge in [-0.25, -0.2) is 0 Å². The molecule has 1 aliphatic heterocycles. The average Bonchev–Trinajstić information content (AvgIpc) is 2.98. The summed E-state index contributed by atoms with van der Waals surface area (Å²) in [4.78, 5) is 0. The van der Waals surface area contributed by atoms with Crippen LogP contribution in [0.2, 0.25) is 0 Å². The van der Waals surface area contributed by atoms with Gasteiger partial charge in [0.1, 0.15) is 0 Å². The Labute approximate surface area is 121 Å². The highest BCUT2D eigenvalue weighted by atomic mass is 32.2. The number of aromatic nitrogens is 2. The Hall–Kier alpha value is -0.480. The zero-order chi connectivity index (χ0) is 13.9. The van der Waals surface area contributed by atoms with Gasteiger partial charge < -0.3 is 5.32 Å². The van der Waals surface area contributed by atoms with E-state index in [1.54, 1.807) is 0 Å². The van der Waals surface area contributed by atoms with Gasteiger partial charge >= 0.3 is 0 Å². The van der Waals surface area contributed by atoms with Crippen molar-refractivity contribution >= 4 is 11.8 Å². The first-order valence-electron chi connectivity index (χ1n) is 7.46. The average molecular weight is 281 g/mol. The largest absolute Gasteiger partial charge is 0.312 e. The van der Waals surface area contributed by atoms with Crippen molar-refractivity contribution in [1.82, 2.24) is 15.1 Å². The van der Waals surface area contributed by atoms with Crippen LogP contribution < -0.4 is 5.32 Å². The summed E-state index contributed by atoms with van der Waals surface area (Å²) in [7, 11) is 0. The van der Waals surface area contributed by atoms with Crippen LogP contribution in [0.1, 0.15) is 52.3 Å². The van der Waals surface area contributed by atoms with Crippen LogP contribution in [-0.2, 0) is 6.42 Å². The molecule has 1 aliphatic rings. The topological polar surface area (TPSA) is 29.9 Å². The number of likely N-dealkylation sites (N-methyl/N-ethyl adjacent to an activating group) is 1. The molecule has 1 N–H and O–H groups in total. The van der Waals surface area contributed by atoms with E-state index in [0.29, 0.717) is 16.8 Å². The molecule has 2 atom stereocenters. The van der Waals surface area contributed by atoms with Gasteiger partial charge in [0, 0.05) is 29.4 Å². The zero-order valence-corrected chi connectivity index (χ0v) is 13.5. The lowest BCUT2D eigenvalue weighted by Crippen LogP contribution is -2.46. The van der Waals surface area contributed by atoms with Crippen LogP contribution >= 0.6 is 11.8 Å². The Morgan fingerprint density at radius 1 is 1.53 bits per heavy atom. The standard InChI is InChI=1S/C15H27N3S/c1-5-16-14(15(4)8-6-10-19-15)11-13-7-9-18(17-13)12(2)3/h7,9,12,14,16H,5-6,8,10-11H2,1-4H3. The van der Waals surface area contributed by atoms with Gasteiger partial charge in [-0.15, -0.1) is 0 Å². The second-order valence-electron chi connectivity index (χ2n) is 5.96. The molecule has 1 aromatic rings. The molecule has 19 heavy (non-hydrogen) atoms. The summed E-state index contributed by atoms with van der Waals surface area (Å²) >= 11 is 2.13. The summed E-state index contributed by atoms with van der Waals surface area (Å²) in [5, 5.41) is 8.38. The second-order valence-corrected chi connectivity index (χ2v) is 7.59. The zero-order valence-electron chi connectivity index (χ0n) is 12.6. The molecule has 4 heteroatoms. The van der Waals surface area contributed by atoms with Gasteiger partial charge in [0.05, 0.1) is 5.69 Å². The van der Waals surface area contributed by atoms with Crippen molar-refractivity contribution in [2.45, 2.75) is 63.8 Å². The van der Waals surface area contributed by atoms with Crippen LogP contribution in [0.25, 0.3) is 0 Å². The Morgan fingerprint density at radius 2 is 2.32 bits per heavy atom. The SMILES string of the molecule is CCNC(Cc1ccn(C(C)C)n1)C1(C)CCCS1. The molecule has 0 bridgehead atoms. The molecule has 3 nitrogen and oxygen atoms in total. The van der Waals surface area contributed by atoms with Crippen LogP contribution in [0, 0.1) is 0 Å². The molecule has 2 rings (SSSR count). The van der Waals surface area contributed by atoms with E-state index in [4.69, 9.17) is 5.10 Å². The van der Waals surface area contributed by atoms with Crippen LogP contribution in [0.15, 0.2) is 12.3 Å². The summed E-state index contributed by atoms with van der Waals surface area (Å²) in [6, 6.07) is 3.15. The maximum absolute atomic E-state index is 4.70. The maximum Gasteiger partial charge on any atom is 0.0640 e. The lowest BCUT2D eigenvalue weighted by atomic mass is 9.92. The van der Waals surface area contributed by atoms with Crippen LogP contribution in [0.4, 0.5) is 0 Å². The lowest BCUT2D eigenvalue weighted by Gasteiger charge is -2.33. The minimum Gasteiger partial charge on any atom is -0.312 e. The summed E-state index contributed by atoms with van der Waals surface area (Å²) < 4.78 is 2.43. The van der Waals surface area contributed by atoms with E-state index in [-0.39, 0.29) is 0 Å². The molecule has 0 radical (unpaired) electrons. The van der Waals surface area contributed by atoms with Gasteiger partial charge in [0.15, 0.2) is 0 Å². The van der Waals surface area contributed by atoms with E-state index in [0.717, 1.165) is 13.0 Å². The van der Waals surface area contributed by atoms with Gasteiger partial charge in [-0.2, -0.15) is 16.9 Å². The first-order valence-corrected chi connectivity index (χ1v) is 8.45. The van der Waals surface area contributed by atoms with E-state index < -0.39 is 0 Å². The van der Waals surface area contributed by atoms with E-state index in [9.17, 15) is 0 Å². The summed E-state index contributed by atoms with van der Waals surface area (Å²) in [6.45, 7) is 9.99. The third kappa shape index (κ3) is 3.54. The Balaban J connectivity index is 2.07. The minimum atomic E-state index is 0.373. The van der Waals surface area contributed by atoms with Crippen molar-refractivity contribution in [3.63, 3.8) is 0 Å². The van der Waals surface area contributed by atoms with Gasteiger partial charge in [0.25, 0.3) is 0 Å². The molecule has 0 aromatic carbocycles. The van der Waals surface area contributed by atoms with Crippen LogP contribution in [0.3, 0.4) is 0 Å². The molecule has 0 amide bonds. The molecule has 2 heterocycles. The predicted molar refractivity (Wildman–Crippen MR) is 83.9 cm³/mol. The number of rotatable bonds is 6. The van der Waals surface area contributed by atoms with Crippen molar-refractivity contribution < 1.29 is 0 Å². The summed E-state index contributed by atoms with van der Waals surface area (Å²) in [5.41, 5.74) is 1.22. The molecule has 108 valence electrons. The fourth-order valence-electron chi connectivity index (χ4n) is 2.81. The highest BCUT2D eigenvalue weighted by Crippen LogP contribution is 2.41. The smallest absolute Gasteiger partial charge is 0.0640 e. The summed E-state index contributed by atoms with van der Waals surface area (Å²) in [5.74, 6) is 1.30. The van der Waals surface area contributed by atoms with Crippen molar-refractivity contribution in [2.75, 3.05) is 12.3 Å². The third-order valence-electron chi connectivity index (χ3n) is 4.04. The summed E-state index contributed by atoms with van der Waals surface area (Å²) in [6.07, 6.45) is 5.81. The van der Waals surface area contributed by atoms with Gasteiger partial charge in [-0.05, 0) is 52.0 Å². The normalized spacial score (nSPS) is 25.1. The van der Waals surface area contributed by atoms with Crippen molar-refractivity contribution in [3.05, 3.63) is 18.0 Å². The minimum absolute atomic E-state index is 0.373. The van der Waals surface area contributed by atoms with Gasteiger partial charge in [-0.3, -0.25) is 4.68 Å². The molecule has 1 aromatic heterocycles. The molecule has 0 saturated carbocycles. The quantitative estimate of drug-likeness (QED) is 0.868. The molecule has 0 aliphatic carbocycles. The first kappa shape index (κ1) is 14.9. The van der Waals surface area contributed by atoms with Gasteiger partial charge in [0.2, 0.25) is 0 Å². The highest BCUT2D eigenvalue weighted by molar-refractivity contribution is 8.00. The Kier molecular flexibility index (Phi) is 4.96. The lowest BCUT2D eigenvalue weighted by molar-refractivity contribution is 0.400. The van der Waals surface area contributed by atoms with Crippen LogP contribution in [-0.4, -0.2) is 32.9 Å². The van der Waals surface area contributed by atoms with E-state index in [1.165, 1.54) is 24.3 Å². The number of thioether (sulfide) groups is 1. The third-order valence-corrected chi connectivity index (χ3v) is 5.68. The van der Waals surface area contributed by atoms with Gasteiger partial charge in [-0.1, -0.05) is 6.92 Å².